The molecular weight excluding hydrogens is 230 g/mol. The summed E-state index contributed by atoms with van der Waals surface area (Å²) in [6.07, 6.45) is 3.56. The molecule has 0 amide bonds. The predicted molar refractivity (Wildman–Crippen MR) is 73.6 cm³/mol. The zero-order valence-corrected chi connectivity index (χ0v) is 11.6. The van der Waals surface area contributed by atoms with E-state index in [9.17, 15) is 0 Å². The molecule has 94 valence electrons. The van der Waals surface area contributed by atoms with E-state index in [1.54, 1.807) is 11.8 Å². The van der Waals surface area contributed by atoms with E-state index >= 15 is 0 Å². The molecule has 3 unspecified atom stereocenters. The van der Waals surface area contributed by atoms with Crippen molar-refractivity contribution in [1.82, 2.24) is 5.32 Å². The Kier molecular flexibility index (Phi) is 4.48. The van der Waals surface area contributed by atoms with Crippen molar-refractivity contribution >= 4 is 11.8 Å². The van der Waals surface area contributed by atoms with Gasteiger partial charge in [0.1, 0.15) is 0 Å². The van der Waals surface area contributed by atoms with E-state index in [4.69, 9.17) is 4.74 Å². The first-order valence-corrected chi connectivity index (χ1v) is 7.45. The third-order valence-electron chi connectivity index (χ3n) is 3.46. The molecule has 3 atom stereocenters. The zero-order chi connectivity index (χ0) is 12.3. The standard InChI is InChI=1S/C14H21NOS/c1-10(15-14-8-9-16-11(14)2)12-4-6-13(17-3)7-5-12/h4-7,10-11,14-15H,8-9H2,1-3H3. The SMILES string of the molecule is CSc1ccc(C(C)NC2CCOC2C)cc1. The van der Waals surface area contributed by atoms with Crippen LogP contribution in [0.1, 0.15) is 31.9 Å². The number of rotatable bonds is 4. The van der Waals surface area contributed by atoms with Crippen molar-refractivity contribution in [1.29, 1.82) is 0 Å². The fourth-order valence-corrected chi connectivity index (χ4v) is 2.67. The topological polar surface area (TPSA) is 21.3 Å². The lowest BCUT2D eigenvalue weighted by atomic mass is 10.1. The average molecular weight is 251 g/mol. The highest BCUT2D eigenvalue weighted by molar-refractivity contribution is 7.98. The van der Waals surface area contributed by atoms with E-state index in [1.807, 2.05) is 0 Å². The van der Waals surface area contributed by atoms with Gasteiger partial charge in [-0.25, -0.2) is 0 Å². The van der Waals surface area contributed by atoms with Crippen LogP contribution in [0.15, 0.2) is 29.2 Å². The highest BCUT2D eigenvalue weighted by atomic mass is 32.2. The smallest absolute Gasteiger partial charge is 0.0700 e. The van der Waals surface area contributed by atoms with Gasteiger partial charge in [0.25, 0.3) is 0 Å². The molecule has 0 radical (unpaired) electrons. The third-order valence-corrected chi connectivity index (χ3v) is 4.20. The van der Waals surface area contributed by atoms with Gasteiger partial charge < -0.3 is 10.1 Å². The Balaban J connectivity index is 1.96. The van der Waals surface area contributed by atoms with Gasteiger partial charge >= 0.3 is 0 Å². The Morgan fingerprint density at radius 3 is 2.59 bits per heavy atom. The maximum Gasteiger partial charge on any atom is 0.0700 e. The Bertz CT molecular complexity index is 352. The van der Waals surface area contributed by atoms with E-state index in [1.165, 1.54) is 10.5 Å². The van der Waals surface area contributed by atoms with Gasteiger partial charge in [0, 0.05) is 23.6 Å². The van der Waals surface area contributed by atoms with E-state index in [0.717, 1.165) is 13.0 Å². The molecule has 1 fully saturated rings. The summed E-state index contributed by atoms with van der Waals surface area (Å²) >= 11 is 1.78. The monoisotopic (exact) mass is 251 g/mol. The minimum atomic E-state index is 0.336. The highest BCUT2D eigenvalue weighted by Gasteiger charge is 2.25. The van der Waals surface area contributed by atoms with Crippen molar-refractivity contribution in [3.8, 4) is 0 Å². The molecule has 2 rings (SSSR count). The summed E-state index contributed by atoms with van der Waals surface area (Å²) in [5, 5.41) is 3.65. The summed E-state index contributed by atoms with van der Waals surface area (Å²) < 4.78 is 5.57. The van der Waals surface area contributed by atoms with Gasteiger partial charge in [0.2, 0.25) is 0 Å². The molecule has 17 heavy (non-hydrogen) atoms. The average Bonchev–Trinajstić information content (AvgIpc) is 2.75. The first-order valence-electron chi connectivity index (χ1n) is 6.22. The first-order chi connectivity index (χ1) is 8.20. The molecule has 1 aliphatic heterocycles. The maximum atomic E-state index is 5.57. The molecule has 3 heteroatoms. The summed E-state index contributed by atoms with van der Waals surface area (Å²) in [5.41, 5.74) is 1.35. The molecule has 0 saturated carbocycles. The minimum absolute atomic E-state index is 0.336. The lowest BCUT2D eigenvalue weighted by molar-refractivity contribution is 0.111. The summed E-state index contributed by atoms with van der Waals surface area (Å²) in [6, 6.07) is 9.68. The van der Waals surface area contributed by atoms with E-state index in [-0.39, 0.29) is 0 Å². The number of hydrogen-bond donors (Lipinski definition) is 1. The van der Waals surface area contributed by atoms with Crippen LogP contribution in [0.3, 0.4) is 0 Å². The molecule has 0 aromatic heterocycles. The normalized spacial score (nSPS) is 26.1. The summed E-state index contributed by atoms with van der Waals surface area (Å²) in [6.45, 7) is 5.25. The quantitative estimate of drug-likeness (QED) is 0.830. The molecule has 1 heterocycles. The molecular formula is C14H21NOS. The summed E-state index contributed by atoms with van der Waals surface area (Å²) in [4.78, 5) is 1.32. The van der Waals surface area contributed by atoms with Crippen molar-refractivity contribution in [3.05, 3.63) is 29.8 Å². The minimum Gasteiger partial charge on any atom is -0.377 e. The van der Waals surface area contributed by atoms with Crippen LogP contribution in [-0.4, -0.2) is 25.0 Å². The Labute approximate surface area is 108 Å². The number of nitrogens with one attached hydrogen (secondary N) is 1. The third kappa shape index (κ3) is 3.24. The van der Waals surface area contributed by atoms with Crippen LogP contribution in [0.5, 0.6) is 0 Å². The van der Waals surface area contributed by atoms with Crippen LogP contribution in [0.25, 0.3) is 0 Å². The summed E-state index contributed by atoms with van der Waals surface area (Å²) in [7, 11) is 0. The molecule has 1 aromatic carbocycles. The van der Waals surface area contributed by atoms with E-state index in [2.05, 4.69) is 49.7 Å². The Morgan fingerprint density at radius 2 is 2.06 bits per heavy atom. The summed E-state index contributed by atoms with van der Waals surface area (Å²) in [5.74, 6) is 0. The van der Waals surface area contributed by atoms with Crippen LogP contribution in [-0.2, 0) is 4.74 Å². The van der Waals surface area contributed by atoms with Gasteiger partial charge in [-0.1, -0.05) is 12.1 Å². The fraction of sp³-hybridized carbons (Fsp3) is 0.571. The van der Waals surface area contributed by atoms with Crippen LogP contribution in [0.4, 0.5) is 0 Å². The number of benzene rings is 1. The second-order valence-corrected chi connectivity index (χ2v) is 5.51. The highest BCUT2D eigenvalue weighted by Crippen LogP contribution is 2.21. The molecule has 1 saturated heterocycles. The van der Waals surface area contributed by atoms with Crippen LogP contribution in [0, 0.1) is 0 Å². The number of thioether (sulfide) groups is 1. The van der Waals surface area contributed by atoms with E-state index in [0.29, 0.717) is 18.2 Å². The Hall–Kier alpha value is -0.510. The number of ether oxygens (including phenoxy) is 1. The molecule has 2 nitrogen and oxygen atoms in total. The molecule has 1 aromatic rings. The van der Waals surface area contributed by atoms with Crippen LogP contribution in [0.2, 0.25) is 0 Å². The van der Waals surface area contributed by atoms with Gasteiger partial charge in [-0.2, -0.15) is 0 Å². The molecule has 0 spiro atoms. The molecule has 0 aliphatic carbocycles. The van der Waals surface area contributed by atoms with Gasteiger partial charge in [-0.05, 0) is 44.2 Å². The first kappa shape index (κ1) is 12.9. The van der Waals surface area contributed by atoms with E-state index < -0.39 is 0 Å². The molecule has 1 aliphatic rings. The van der Waals surface area contributed by atoms with Gasteiger partial charge in [-0.3, -0.25) is 0 Å². The van der Waals surface area contributed by atoms with Gasteiger partial charge in [0.15, 0.2) is 0 Å². The largest absolute Gasteiger partial charge is 0.377 e. The number of hydrogen-bond acceptors (Lipinski definition) is 3. The van der Waals surface area contributed by atoms with Crippen LogP contribution >= 0.6 is 11.8 Å². The Morgan fingerprint density at radius 1 is 1.35 bits per heavy atom. The predicted octanol–water partition coefficient (Wildman–Crippen LogP) is 3.24. The lowest BCUT2D eigenvalue weighted by Gasteiger charge is -2.22. The van der Waals surface area contributed by atoms with Crippen LogP contribution < -0.4 is 5.32 Å². The molecule has 1 N–H and O–H groups in total. The second-order valence-electron chi connectivity index (χ2n) is 4.63. The lowest BCUT2D eigenvalue weighted by Crippen LogP contribution is -2.36. The fourth-order valence-electron chi connectivity index (χ4n) is 2.26. The zero-order valence-electron chi connectivity index (χ0n) is 10.8. The van der Waals surface area contributed by atoms with Crippen molar-refractivity contribution in [3.63, 3.8) is 0 Å². The van der Waals surface area contributed by atoms with Gasteiger partial charge in [-0.15, -0.1) is 11.8 Å². The van der Waals surface area contributed by atoms with Crippen molar-refractivity contribution < 1.29 is 4.74 Å². The second kappa shape index (κ2) is 5.89. The van der Waals surface area contributed by atoms with Crippen molar-refractivity contribution in [2.75, 3.05) is 12.9 Å². The molecule has 0 bridgehead atoms. The maximum absolute atomic E-state index is 5.57. The van der Waals surface area contributed by atoms with Gasteiger partial charge in [0.05, 0.1) is 6.10 Å². The van der Waals surface area contributed by atoms with Crippen molar-refractivity contribution in [2.24, 2.45) is 0 Å². The van der Waals surface area contributed by atoms with Crippen molar-refractivity contribution in [2.45, 2.75) is 43.4 Å².